The number of aryl methyl sites for hydroxylation is 1. The molecule has 4 rings (SSSR count). The summed E-state index contributed by atoms with van der Waals surface area (Å²) in [6.07, 6.45) is 4.31. The number of aromatic hydroxyl groups is 1. The predicted octanol–water partition coefficient (Wildman–Crippen LogP) is 3.23. The number of rotatable bonds is 6. The van der Waals surface area contributed by atoms with E-state index in [1.54, 1.807) is 0 Å². The number of H-pyrrole nitrogens is 1. The zero-order chi connectivity index (χ0) is 20.4. The van der Waals surface area contributed by atoms with Crippen LogP contribution in [0.15, 0.2) is 53.6 Å². The van der Waals surface area contributed by atoms with Gasteiger partial charge in [-0.25, -0.2) is 8.42 Å². The van der Waals surface area contributed by atoms with Crippen molar-refractivity contribution in [2.24, 2.45) is 0 Å². The largest absolute Gasteiger partial charge is 0.506 e. The third-order valence-corrected chi connectivity index (χ3v) is 7.14. The van der Waals surface area contributed by atoms with Crippen molar-refractivity contribution >= 4 is 32.5 Å². The first kappa shape index (κ1) is 19.5. The van der Waals surface area contributed by atoms with Gasteiger partial charge in [0.2, 0.25) is 15.9 Å². The highest BCUT2D eigenvalue weighted by Gasteiger charge is 2.27. The van der Waals surface area contributed by atoms with Gasteiger partial charge in [0.25, 0.3) is 0 Å². The Hall–Kier alpha value is -2.84. The molecule has 0 atom stereocenters. The molecule has 3 N–H and O–H groups in total. The number of fused-ring (bicyclic) bond motifs is 1. The zero-order valence-electron chi connectivity index (χ0n) is 15.9. The molecular formula is C21H23N3O4S. The maximum absolute atomic E-state index is 12.7. The molecule has 1 saturated heterocycles. The summed E-state index contributed by atoms with van der Waals surface area (Å²) >= 11 is 0. The number of hydrogen-bond acceptors (Lipinski definition) is 4. The second-order valence-electron chi connectivity index (χ2n) is 7.20. The molecule has 7 nitrogen and oxygen atoms in total. The van der Waals surface area contributed by atoms with Crippen LogP contribution >= 0.6 is 0 Å². The van der Waals surface area contributed by atoms with Gasteiger partial charge in [0.15, 0.2) is 0 Å². The number of anilines is 1. The number of nitrogens with one attached hydrogen (secondary N) is 2. The van der Waals surface area contributed by atoms with E-state index in [1.165, 1.54) is 22.5 Å². The van der Waals surface area contributed by atoms with Crippen LogP contribution in [0.5, 0.6) is 5.75 Å². The lowest BCUT2D eigenvalue weighted by molar-refractivity contribution is -0.116. The number of benzene rings is 2. The lowest BCUT2D eigenvalue weighted by atomic mass is 10.1. The van der Waals surface area contributed by atoms with Crippen LogP contribution in [0.2, 0.25) is 0 Å². The molecule has 29 heavy (non-hydrogen) atoms. The van der Waals surface area contributed by atoms with Crippen LogP contribution in [-0.2, 0) is 21.2 Å². The van der Waals surface area contributed by atoms with E-state index in [4.69, 9.17) is 0 Å². The number of aromatic amines is 1. The van der Waals surface area contributed by atoms with Crippen LogP contribution in [0.1, 0.15) is 24.8 Å². The number of hydrogen-bond donors (Lipinski definition) is 3. The van der Waals surface area contributed by atoms with Crippen LogP contribution in [0.3, 0.4) is 0 Å². The maximum Gasteiger partial charge on any atom is 0.243 e. The fourth-order valence-electron chi connectivity index (χ4n) is 3.65. The Balaban J connectivity index is 1.46. The first-order valence-corrected chi connectivity index (χ1v) is 11.1. The highest BCUT2D eigenvalue weighted by atomic mass is 32.2. The lowest BCUT2D eigenvalue weighted by Gasteiger charge is -2.16. The molecule has 1 amide bonds. The van der Waals surface area contributed by atoms with Crippen LogP contribution < -0.4 is 5.32 Å². The third kappa shape index (κ3) is 3.99. The van der Waals surface area contributed by atoms with Gasteiger partial charge in [-0.1, -0.05) is 18.2 Å². The molecule has 1 fully saturated rings. The van der Waals surface area contributed by atoms with Gasteiger partial charge < -0.3 is 15.4 Å². The molecule has 8 heteroatoms. The van der Waals surface area contributed by atoms with Gasteiger partial charge in [-0.3, -0.25) is 4.79 Å². The summed E-state index contributed by atoms with van der Waals surface area (Å²) in [4.78, 5) is 15.7. The molecule has 0 bridgehead atoms. The van der Waals surface area contributed by atoms with E-state index in [2.05, 4.69) is 10.3 Å². The highest BCUT2D eigenvalue weighted by Crippen LogP contribution is 2.29. The maximum atomic E-state index is 12.7. The minimum absolute atomic E-state index is 0.0733. The molecule has 2 aromatic carbocycles. The van der Waals surface area contributed by atoms with Crippen molar-refractivity contribution in [1.29, 1.82) is 0 Å². The summed E-state index contributed by atoms with van der Waals surface area (Å²) in [5, 5.41) is 13.8. The molecular weight excluding hydrogens is 390 g/mol. The van der Waals surface area contributed by atoms with E-state index in [0.29, 0.717) is 19.5 Å². The fraction of sp³-hybridized carbons (Fsp3) is 0.286. The topological polar surface area (TPSA) is 102 Å². The Morgan fingerprint density at radius 3 is 2.69 bits per heavy atom. The van der Waals surface area contributed by atoms with Gasteiger partial charge >= 0.3 is 0 Å². The Kier molecular flexibility index (Phi) is 5.29. The van der Waals surface area contributed by atoms with Gasteiger partial charge in [0.1, 0.15) is 5.75 Å². The van der Waals surface area contributed by atoms with E-state index in [0.717, 1.165) is 29.3 Å². The van der Waals surface area contributed by atoms with E-state index in [-0.39, 0.29) is 28.7 Å². The van der Waals surface area contributed by atoms with E-state index in [9.17, 15) is 18.3 Å². The van der Waals surface area contributed by atoms with Gasteiger partial charge in [0, 0.05) is 36.6 Å². The Morgan fingerprint density at radius 1 is 1.14 bits per heavy atom. The molecule has 0 radical (unpaired) electrons. The van der Waals surface area contributed by atoms with Crippen molar-refractivity contribution in [3.63, 3.8) is 0 Å². The van der Waals surface area contributed by atoms with Crippen molar-refractivity contribution < 1.29 is 18.3 Å². The Bertz CT molecular complexity index is 1150. The average molecular weight is 413 g/mol. The smallest absolute Gasteiger partial charge is 0.243 e. The first-order valence-electron chi connectivity index (χ1n) is 9.63. The van der Waals surface area contributed by atoms with E-state index >= 15 is 0 Å². The molecule has 1 aliphatic heterocycles. The van der Waals surface area contributed by atoms with Gasteiger partial charge in [-0.2, -0.15) is 4.31 Å². The number of carbonyl (C=O) groups excluding carboxylic acids is 1. The molecule has 0 saturated carbocycles. The van der Waals surface area contributed by atoms with E-state index < -0.39 is 10.0 Å². The number of sulfonamides is 1. The molecule has 3 aromatic rings. The Morgan fingerprint density at radius 2 is 1.90 bits per heavy atom. The number of phenolic OH excluding ortho intramolecular Hbond substituents is 1. The van der Waals surface area contributed by atoms with Crippen LogP contribution in [0.4, 0.5) is 5.69 Å². The summed E-state index contributed by atoms with van der Waals surface area (Å²) in [5.74, 6) is -0.452. The fourth-order valence-corrected chi connectivity index (χ4v) is 5.20. The first-order chi connectivity index (χ1) is 13.9. The SMILES string of the molecule is O=C(CCc1c[nH]c2ccccc12)Nc1cc(S(=O)(=O)N2CCCC2)ccc1O. The number of para-hydroxylation sites is 1. The van der Waals surface area contributed by atoms with Gasteiger partial charge in [0.05, 0.1) is 10.6 Å². The molecule has 2 heterocycles. The highest BCUT2D eigenvalue weighted by molar-refractivity contribution is 7.89. The van der Waals surface area contributed by atoms with Gasteiger partial charge in [-0.15, -0.1) is 0 Å². The zero-order valence-corrected chi connectivity index (χ0v) is 16.7. The minimum atomic E-state index is -3.62. The minimum Gasteiger partial charge on any atom is -0.506 e. The van der Waals surface area contributed by atoms with Crippen molar-refractivity contribution in [2.75, 3.05) is 18.4 Å². The summed E-state index contributed by atoms with van der Waals surface area (Å²) in [6.45, 7) is 0.991. The summed E-state index contributed by atoms with van der Waals surface area (Å²) in [6, 6.07) is 11.9. The quantitative estimate of drug-likeness (QED) is 0.540. The summed E-state index contributed by atoms with van der Waals surface area (Å²) in [5.41, 5.74) is 2.15. The molecule has 1 aromatic heterocycles. The predicted molar refractivity (Wildman–Crippen MR) is 111 cm³/mol. The second kappa shape index (κ2) is 7.88. The van der Waals surface area contributed by atoms with Crippen LogP contribution in [0.25, 0.3) is 10.9 Å². The van der Waals surface area contributed by atoms with Gasteiger partial charge in [-0.05, 0) is 49.1 Å². The number of nitrogens with zero attached hydrogens (tertiary/aromatic N) is 1. The number of amides is 1. The lowest BCUT2D eigenvalue weighted by Crippen LogP contribution is -2.28. The molecule has 152 valence electrons. The van der Waals surface area contributed by atoms with Crippen LogP contribution in [-0.4, -0.2) is 41.8 Å². The summed E-state index contributed by atoms with van der Waals surface area (Å²) in [7, 11) is -3.62. The molecule has 0 aliphatic carbocycles. The van der Waals surface area contributed by atoms with Crippen molar-refractivity contribution in [2.45, 2.75) is 30.6 Å². The van der Waals surface area contributed by atoms with Crippen molar-refractivity contribution in [3.05, 3.63) is 54.2 Å². The van der Waals surface area contributed by atoms with Crippen molar-refractivity contribution in [1.82, 2.24) is 9.29 Å². The Labute approximate surface area is 169 Å². The van der Waals surface area contributed by atoms with Crippen molar-refractivity contribution in [3.8, 4) is 5.75 Å². The molecule has 0 unspecified atom stereocenters. The van der Waals surface area contributed by atoms with Crippen LogP contribution in [0, 0.1) is 0 Å². The molecule has 1 aliphatic rings. The average Bonchev–Trinajstić information content (AvgIpc) is 3.38. The third-order valence-electron chi connectivity index (χ3n) is 5.24. The summed E-state index contributed by atoms with van der Waals surface area (Å²) < 4.78 is 26.9. The monoisotopic (exact) mass is 413 g/mol. The second-order valence-corrected chi connectivity index (χ2v) is 9.14. The molecule has 0 spiro atoms. The normalized spacial score (nSPS) is 15.0. The van der Waals surface area contributed by atoms with E-state index in [1.807, 2.05) is 30.5 Å². The number of carbonyl (C=O) groups is 1. The standard InChI is InChI=1S/C21H23N3O4S/c25-20-9-8-16(29(27,28)24-11-3-4-12-24)13-19(20)23-21(26)10-7-15-14-22-18-6-2-1-5-17(15)18/h1-2,5-6,8-9,13-14,22,25H,3-4,7,10-12H2,(H,23,26). The number of phenols is 1. The number of aromatic nitrogens is 1.